The van der Waals surface area contributed by atoms with Crippen LogP contribution in [0, 0.1) is 20.8 Å². The Labute approximate surface area is 245 Å². The van der Waals surface area contributed by atoms with Gasteiger partial charge in [0.05, 0.1) is 20.1 Å². The smallest absolute Gasteiger partial charge is 0.304 e. The lowest BCUT2D eigenvalue weighted by Gasteiger charge is -2.24. The van der Waals surface area contributed by atoms with E-state index >= 15 is 0 Å². The maximum atomic E-state index is 13.8. The minimum atomic E-state index is -3.85. The van der Waals surface area contributed by atoms with E-state index in [-0.39, 0.29) is 30.5 Å². The molecule has 0 saturated carbocycles. The number of ether oxygens (including phenoxy) is 2. The largest absolute Gasteiger partial charge is 0.494 e. The third-order valence-electron chi connectivity index (χ3n) is 7.95. The number of sulfonamides is 1. The maximum absolute atomic E-state index is 13.8. The van der Waals surface area contributed by atoms with Crippen LogP contribution in [-0.2, 0) is 27.9 Å². The van der Waals surface area contributed by atoms with Gasteiger partial charge < -0.3 is 14.6 Å². The fourth-order valence-electron chi connectivity index (χ4n) is 5.70. The summed E-state index contributed by atoms with van der Waals surface area (Å²) in [5, 5.41) is 18.6. The van der Waals surface area contributed by atoms with Crippen molar-refractivity contribution in [2.24, 2.45) is 0 Å². The summed E-state index contributed by atoms with van der Waals surface area (Å²) in [5.41, 5.74) is 6.30. The van der Waals surface area contributed by atoms with Crippen molar-refractivity contribution in [2.75, 3.05) is 13.7 Å². The predicted molar refractivity (Wildman–Crippen MR) is 159 cm³/mol. The number of carboxylic acids is 1. The van der Waals surface area contributed by atoms with Crippen molar-refractivity contribution in [3.8, 4) is 11.5 Å². The molecule has 0 radical (unpaired) electrons. The second-order valence-corrected chi connectivity index (χ2v) is 12.8. The molecule has 1 aliphatic heterocycles. The second-order valence-electron chi connectivity index (χ2n) is 10.9. The zero-order valence-corrected chi connectivity index (χ0v) is 25.5. The molecule has 0 aliphatic carbocycles. The number of fused-ring (bicyclic) bond motifs is 2. The van der Waals surface area contributed by atoms with Gasteiger partial charge in [0.2, 0.25) is 10.0 Å². The average Bonchev–Trinajstić information content (AvgIpc) is 3.35. The Kier molecular flexibility index (Phi) is 8.00. The molecule has 0 fully saturated rings. The van der Waals surface area contributed by atoms with Gasteiger partial charge in [0.1, 0.15) is 33.5 Å². The van der Waals surface area contributed by atoms with Gasteiger partial charge in [-0.25, -0.2) is 13.1 Å². The first-order valence-electron chi connectivity index (χ1n) is 13.9. The summed E-state index contributed by atoms with van der Waals surface area (Å²) in [7, 11) is -2.28. The Morgan fingerprint density at radius 3 is 2.62 bits per heavy atom. The number of aryl methyl sites for hydroxylation is 4. The standard InChI is InChI=1S/C31H36N4O6S/c1-7-35-31-27(40-6)14-24(21(5)30(31)32-33-35)25(15-29(36)37)22-10-9-19(3)23(13-22)17-34-16-20(4)41-26-11-8-18(2)12-28(26)42(34,38)39/h8-14,20,25H,7,15-17H2,1-6H3,(H,36,37)/t20-,25+/m1/s1. The topological polar surface area (TPSA) is 124 Å². The number of benzene rings is 3. The summed E-state index contributed by atoms with van der Waals surface area (Å²) in [6.45, 7) is 10.4. The van der Waals surface area contributed by atoms with Gasteiger partial charge in [0.15, 0.2) is 0 Å². The summed E-state index contributed by atoms with van der Waals surface area (Å²) >= 11 is 0. The van der Waals surface area contributed by atoms with Gasteiger partial charge in [-0.1, -0.05) is 29.5 Å². The molecule has 222 valence electrons. The van der Waals surface area contributed by atoms with E-state index in [1.54, 1.807) is 23.9 Å². The molecule has 0 unspecified atom stereocenters. The highest BCUT2D eigenvalue weighted by atomic mass is 32.2. The van der Waals surface area contributed by atoms with E-state index in [9.17, 15) is 18.3 Å². The molecule has 11 heteroatoms. The molecule has 10 nitrogen and oxygen atoms in total. The van der Waals surface area contributed by atoms with Crippen molar-refractivity contribution in [3.63, 3.8) is 0 Å². The van der Waals surface area contributed by atoms with Gasteiger partial charge >= 0.3 is 5.97 Å². The van der Waals surface area contributed by atoms with Gasteiger partial charge in [-0.05, 0) is 86.2 Å². The van der Waals surface area contributed by atoms with Crippen LogP contribution in [0.15, 0.2) is 47.4 Å². The minimum Gasteiger partial charge on any atom is -0.494 e. The highest BCUT2D eigenvalue weighted by molar-refractivity contribution is 7.89. The summed E-state index contributed by atoms with van der Waals surface area (Å²) in [6.07, 6.45) is -0.523. The van der Waals surface area contributed by atoms with Crippen LogP contribution < -0.4 is 9.47 Å². The Hall–Kier alpha value is -3.96. The number of carbonyl (C=O) groups is 1. The van der Waals surface area contributed by atoms with E-state index in [1.807, 2.05) is 65.0 Å². The number of nitrogens with zero attached hydrogens (tertiary/aromatic N) is 4. The van der Waals surface area contributed by atoms with Crippen LogP contribution in [0.3, 0.4) is 0 Å². The zero-order chi connectivity index (χ0) is 30.3. The molecule has 1 aliphatic rings. The average molecular weight is 593 g/mol. The third kappa shape index (κ3) is 5.34. The molecule has 5 rings (SSSR count). The molecule has 0 bridgehead atoms. The summed E-state index contributed by atoms with van der Waals surface area (Å²) < 4.78 is 42.5. The number of rotatable bonds is 8. The van der Waals surface area contributed by atoms with Crippen LogP contribution >= 0.6 is 0 Å². The van der Waals surface area contributed by atoms with Gasteiger partial charge in [-0.15, -0.1) is 5.10 Å². The first-order valence-corrected chi connectivity index (χ1v) is 15.4. The number of aliphatic carboxylic acids is 1. The molecule has 1 N–H and O–H groups in total. The number of carboxylic acid groups (broad SMARTS) is 1. The molecule has 1 aromatic heterocycles. The van der Waals surface area contributed by atoms with Crippen molar-refractivity contribution in [1.82, 2.24) is 19.3 Å². The van der Waals surface area contributed by atoms with Gasteiger partial charge in [-0.2, -0.15) is 4.31 Å². The molecule has 2 atom stereocenters. The van der Waals surface area contributed by atoms with Gasteiger partial charge in [0.25, 0.3) is 0 Å². The molecular formula is C31H36N4O6S. The molecule has 0 amide bonds. The van der Waals surface area contributed by atoms with Crippen molar-refractivity contribution in [1.29, 1.82) is 0 Å². The van der Waals surface area contributed by atoms with E-state index in [1.165, 1.54) is 4.31 Å². The molecule has 0 spiro atoms. The van der Waals surface area contributed by atoms with Crippen LogP contribution in [0.25, 0.3) is 11.0 Å². The van der Waals surface area contributed by atoms with E-state index in [2.05, 4.69) is 10.3 Å². The fraction of sp³-hybridized carbons (Fsp3) is 0.387. The summed E-state index contributed by atoms with van der Waals surface area (Å²) in [4.78, 5) is 12.3. The van der Waals surface area contributed by atoms with Crippen LogP contribution in [0.1, 0.15) is 59.6 Å². The van der Waals surface area contributed by atoms with Crippen LogP contribution in [0.5, 0.6) is 11.5 Å². The lowest BCUT2D eigenvalue weighted by Crippen LogP contribution is -2.35. The number of hydrogen-bond acceptors (Lipinski definition) is 7. The van der Waals surface area contributed by atoms with E-state index < -0.39 is 21.9 Å². The Balaban J connectivity index is 1.59. The fourth-order valence-corrected chi connectivity index (χ4v) is 7.39. The number of hydrogen-bond donors (Lipinski definition) is 1. The van der Waals surface area contributed by atoms with E-state index in [4.69, 9.17) is 9.47 Å². The molecule has 42 heavy (non-hydrogen) atoms. The quantitative estimate of drug-likeness (QED) is 0.304. The van der Waals surface area contributed by atoms with Crippen LogP contribution in [0.2, 0.25) is 0 Å². The number of aromatic nitrogens is 3. The van der Waals surface area contributed by atoms with Crippen molar-refractivity contribution in [2.45, 2.75) is 71.0 Å². The molecular weight excluding hydrogens is 556 g/mol. The normalized spacial score (nSPS) is 17.3. The Bertz CT molecular complexity index is 1780. The highest BCUT2D eigenvalue weighted by Crippen LogP contribution is 2.39. The van der Waals surface area contributed by atoms with E-state index in [0.29, 0.717) is 23.6 Å². The lowest BCUT2D eigenvalue weighted by atomic mass is 9.84. The van der Waals surface area contributed by atoms with E-state index in [0.717, 1.165) is 38.9 Å². The Morgan fingerprint density at radius 2 is 1.93 bits per heavy atom. The molecule has 4 aromatic rings. The molecule has 3 aromatic carbocycles. The predicted octanol–water partition coefficient (Wildman–Crippen LogP) is 4.96. The molecule has 0 saturated heterocycles. The van der Waals surface area contributed by atoms with Crippen molar-refractivity contribution >= 4 is 27.0 Å². The van der Waals surface area contributed by atoms with Crippen LogP contribution in [-0.4, -0.2) is 58.6 Å². The van der Waals surface area contributed by atoms with Crippen molar-refractivity contribution in [3.05, 3.63) is 75.8 Å². The second kappa shape index (κ2) is 11.4. The van der Waals surface area contributed by atoms with Crippen molar-refractivity contribution < 1.29 is 27.8 Å². The van der Waals surface area contributed by atoms with Crippen LogP contribution in [0.4, 0.5) is 0 Å². The lowest BCUT2D eigenvalue weighted by molar-refractivity contribution is -0.137. The maximum Gasteiger partial charge on any atom is 0.304 e. The highest BCUT2D eigenvalue weighted by Gasteiger charge is 2.34. The zero-order valence-electron chi connectivity index (χ0n) is 24.7. The third-order valence-corrected chi connectivity index (χ3v) is 9.78. The van der Waals surface area contributed by atoms with Gasteiger partial charge in [-0.3, -0.25) is 4.79 Å². The number of methoxy groups -OCH3 is 1. The first-order chi connectivity index (χ1) is 19.9. The first kappa shape index (κ1) is 29.5. The Morgan fingerprint density at radius 1 is 1.17 bits per heavy atom. The summed E-state index contributed by atoms with van der Waals surface area (Å²) in [5.74, 6) is -0.564. The summed E-state index contributed by atoms with van der Waals surface area (Å²) in [6, 6.07) is 12.8. The molecule has 2 heterocycles. The minimum absolute atomic E-state index is 0.120. The van der Waals surface area contributed by atoms with Gasteiger partial charge in [0, 0.05) is 19.0 Å². The SMILES string of the molecule is CCn1nnc2c(C)c([C@@H](CC(=O)O)c3ccc(C)c(CN4C[C@@H](C)Oc5ccc(C)cc5S4(=O)=O)c3)cc(OC)c21. The monoisotopic (exact) mass is 592 g/mol.